The van der Waals surface area contributed by atoms with Crippen LogP contribution in [0.25, 0.3) is 0 Å². The van der Waals surface area contributed by atoms with Gasteiger partial charge in [0.2, 0.25) is 5.79 Å². The minimum atomic E-state index is -0.505. The van der Waals surface area contributed by atoms with Gasteiger partial charge in [0, 0.05) is 12.5 Å². The molecule has 3 heterocycles. The van der Waals surface area contributed by atoms with Crippen LogP contribution in [0.15, 0.2) is 11.8 Å². The van der Waals surface area contributed by atoms with Crippen LogP contribution in [0, 0.1) is 23.7 Å². The van der Waals surface area contributed by atoms with Crippen molar-refractivity contribution in [3.63, 3.8) is 0 Å². The van der Waals surface area contributed by atoms with Gasteiger partial charge in [0.05, 0.1) is 6.61 Å². The number of hydrogen-bond donors (Lipinski definition) is 0. The lowest BCUT2D eigenvalue weighted by molar-refractivity contribution is -0.192. The van der Waals surface area contributed by atoms with Crippen molar-refractivity contribution in [2.45, 2.75) is 37.8 Å². The monoisotopic (exact) mass is 216 g/mol. The van der Waals surface area contributed by atoms with E-state index >= 15 is 0 Å². The second kappa shape index (κ2) is 3.56. The van der Waals surface area contributed by atoms with Gasteiger partial charge in [-0.05, 0) is 25.2 Å². The van der Waals surface area contributed by atoms with Crippen molar-refractivity contribution in [2.75, 3.05) is 6.61 Å². The number of hydrogen-bond acceptors (Lipinski definition) is 3. The van der Waals surface area contributed by atoms with Gasteiger partial charge in [-0.15, -0.1) is 0 Å². The van der Waals surface area contributed by atoms with Crippen LogP contribution in [0.5, 0.6) is 0 Å². The van der Waals surface area contributed by atoms with Crippen LogP contribution in [0.3, 0.4) is 0 Å². The molecule has 3 saturated heterocycles. The molecule has 0 amide bonds. The predicted octanol–water partition coefficient (Wildman–Crippen LogP) is 1.20. The van der Waals surface area contributed by atoms with Crippen molar-refractivity contribution in [1.29, 1.82) is 0 Å². The standard InChI is InChI=1S/C13H12O3/c1-2-3-4-5-7-10-11-12(15-11)13(16-10)8-6-9-14-13/h7,11-12H,6,8-9H2,1H3. The topological polar surface area (TPSA) is 31.0 Å². The van der Waals surface area contributed by atoms with Crippen molar-refractivity contribution in [3.8, 4) is 23.7 Å². The molecule has 3 fully saturated rings. The molecule has 0 aromatic carbocycles. The molecule has 0 radical (unpaired) electrons. The van der Waals surface area contributed by atoms with Crippen molar-refractivity contribution in [3.05, 3.63) is 11.8 Å². The molecule has 3 rings (SSSR count). The summed E-state index contributed by atoms with van der Waals surface area (Å²) < 4.78 is 17.0. The van der Waals surface area contributed by atoms with E-state index in [1.54, 1.807) is 13.0 Å². The van der Waals surface area contributed by atoms with E-state index in [4.69, 9.17) is 14.2 Å². The Morgan fingerprint density at radius 3 is 3.12 bits per heavy atom. The van der Waals surface area contributed by atoms with Crippen LogP contribution >= 0.6 is 0 Å². The number of epoxide rings is 1. The maximum atomic E-state index is 5.82. The molecule has 82 valence electrons. The molecule has 0 N–H and O–H groups in total. The number of fused-ring (bicyclic) bond motifs is 2. The van der Waals surface area contributed by atoms with E-state index in [2.05, 4.69) is 23.7 Å². The van der Waals surface area contributed by atoms with Crippen molar-refractivity contribution < 1.29 is 14.2 Å². The second-order valence-electron chi connectivity index (χ2n) is 4.03. The zero-order valence-electron chi connectivity index (χ0n) is 9.08. The van der Waals surface area contributed by atoms with E-state index in [0.717, 1.165) is 25.2 Å². The molecular formula is C13H12O3. The minimum Gasteiger partial charge on any atom is -0.460 e. The highest BCUT2D eigenvalue weighted by atomic mass is 16.8. The number of allylic oxidation sites excluding steroid dienone is 1. The molecule has 1 spiro atoms. The molecule has 3 heteroatoms. The zero-order chi connectivity index (χ0) is 11.0. The van der Waals surface area contributed by atoms with Crippen LogP contribution in [-0.2, 0) is 14.2 Å². The van der Waals surface area contributed by atoms with E-state index in [1.165, 1.54) is 0 Å². The lowest BCUT2D eigenvalue weighted by atomic mass is 10.1. The van der Waals surface area contributed by atoms with Gasteiger partial charge in [0.1, 0.15) is 11.9 Å². The third-order valence-electron chi connectivity index (χ3n) is 2.99. The van der Waals surface area contributed by atoms with Gasteiger partial charge >= 0.3 is 0 Å². The first-order valence-corrected chi connectivity index (χ1v) is 5.46. The van der Waals surface area contributed by atoms with E-state index in [9.17, 15) is 0 Å². The van der Waals surface area contributed by atoms with E-state index in [0.29, 0.717) is 0 Å². The van der Waals surface area contributed by atoms with Gasteiger partial charge in [-0.1, -0.05) is 11.8 Å². The van der Waals surface area contributed by atoms with E-state index in [-0.39, 0.29) is 12.2 Å². The van der Waals surface area contributed by atoms with Crippen LogP contribution in [0.1, 0.15) is 19.8 Å². The fourth-order valence-corrected chi connectivity index (χ4v) is 2.24. The molecule has 0 aliphatic carbocycles. The molecule has 3 aliphatic rings. The molecule has 3 atom stereocenters. The highest BCUT2D eigenvalue weighted by Crippen LogP contribution is 2.52. The van der Waals surface area contributed by atoms with Crippen molar-refractivity contribution in [1.82, 2.24) is 0 Å². The smallest absolute Gasteiger partial charge is 0.239 e. The molecule has 16 heavy (non-hydrogen) atoms. The number of ether oxygens (including phenoxy) is 3. The Kier molecular flexibility index (Phi) is 2.17. The molecule has 3 aliphatic heterocycles. The summed E-state index contributed by atoms with van der Waals surface area (Å²) in [5.41, 5.74) is 0. The van der Waals surface area contributed by atoms with Gasteiger partial charge in [-0.25, -0.2) is 0 Å². The molecular weight excluding hydrogens is 204 g/mol. The third kappa shape index (κ3) is 1.41. The highest BCUT2D eigenvalue weighted by Gasteiger charge is 2.67. The Bertz CT molecular complexity index is 449. The zero-order valence-corrected chi connectivity index (χ0v) is 9.08. The summed E-state index contributed by atoms with van der Waals surface area (Å²) >= 11 is 0. The molecule has 0 aromatic heterocycles. The Hall–Kier alpha value is -1.42. The van der Waals surface area contributed by atoms with Gasteiger partial charge in [0.15, 0.2) is 6.10 Å². The Labute approximate surface area is 94.8 Å². The van der Waals surface area contributed by atoms with Gasteiger partial charge in [0.25, 0.3) is 0 Å². The summed E-state index contributed by atoms with van der Waals surface area (Å²) in [5, 5.41) is 0. The maximum absolute atomic E-state index is 5.82. The van der Waals surface area contributed by atoms with Gasteiger partial charge in [-0.2, -0.15) is 0 Å². The van der Waals surface area contributed by atoms with E-state index < -0.39 is 5.79 Å². The number of rotatable bonds is 0. The largest absolute Gasteiger partial charge is 0.460 e. The quantitative estimate of drug-likeness (QED) is 0.450. The van der Waals surface area contributed by atoms with Crippen molar-refractivity contribution >= 4 is 0 Å². The predicted molar refractivity (Wildman–Crippen MR) is 57.0 cm³/mol. The molecule has 3 nitrogen and oxygen atoms in total. The average molecular weight is 216 g/mol. The fraction of sp³-hybridized carbons (Fsp3) is 0.538. The summed E-state index contributed by atoms with van der Waals surface area (Å²) in [6.07, 6.45) is 3.83. The second-order valence-corrected chi connectivity index (χ2v) is 4.03. The third-order valence-corrected chi connectivity index (χ3v) is 2.99. The SMILES string of the molecule is CC#CC#CC=C1OC2(CCCO2)C2OC12. The lowest BCUT2D eigenvalue weighted by Gasteiger charge is -2.23. The van der Waals surface area contributed by atoms with Crippen LogP contribution in [-0.4, -0.2) is 24.6 Å². The first-order chi connectivity index (χ1) is 7.86. The average Bonchev–Trinajstić information content (AvgIpc) is 2.90. The molecule has 0 bridgehead atoms. The van der Waals surface area contributed by atoms with Crippen LogP contribution in [0.4, 0.5) is 0 Å². The van der Waals surface area contributed by atoms with E-state index in [1.807, 2.05) is 0 Å². The lowest BCUT2D eigenvalue weighted by Crippen LogP contribution is -2.33. The summed E-state index contributed by atoms with van der Waals surface area (Å²) in [6.45, 7) is 2.52. The summed E-state index contributed by atoms with van der Waals surface area (Å²) in [7, 11) is 0. The maximum Gasteiger partial charge on any atom is 0.239 e. The first-order valence-electron chi connectivity index (χ1n) is 5.46. The Balaban J connectivity index is 1.76. The minimum absolute atomic E-state index is 0.0574. The van der Waals surface area contributed by atoms with Gasteiger partial charge in [-0.3, -0.25) is 0 Å². The Morgan fingerprint density at radius 1 is 1.44 bits per heavy atom. The highest BCUT2D eigenvalue weighted by molar-refractivity contribution is 5.34. The molecule has 3 unspecified atom stereocenters. The van der Waals surface area contributed by atoms with Crippen LogP contribution in [0.2, 0.25) is 0 Å². The summed E-state index contributed by atoms with van der Waals surface area (Å²) in [4.78, 5) is 0. The van der Waals surface area contributed by atoms with Crippen LogP contribution < -0.4 is 0 Å². The van der Waals surface area contributed by atoms with Gasteiger partial charge < -0.3 is 14.2 Å². The normalized spacial score (nSPS) is 40.7. The first kappa shape index (κ1) is 9.78. The summed E-state index contributed by atoms with van der Waals surface area (Å²) in [5.74, 6) is 11.2. The fourth-order valence-electron chi connectivity index (χ4n) is 2.24. The van der Waals surface area contributed by atoms with Crippen molar-refractivity contribution in [2.24, 2.45) is 0 Å². The summed E-state index contributed by atoms with van der Waals surface area (Å²) in [6, 6.07) is 0. The Morgan fingerprint density at radius 2 is 2.38 bits per heavy atom. The molecule has 0 aromatic rings. The molecule has 0 saturated carbocycles.